The predicted octanol–water partition coefficient (Wildman–Crippen LogP) is 13.9. The molecule has 0 saturated heterocycles. The van der Waals surface area contributed by atoms with Gasteiger partial charge in [-0.3, -0.25) is 14.4 Å². The van der Waals surface area contributed by atoms with E-state index in [4.69, 9.17) is 14.2 Å². The summed E-state index contributed by atoms with van der Waals surface area (Å²) in [6.45, 7) is 6.37. The molecule has 0 aliphatic rings. The van der Waals surface area contributed by atoms with E-state index in [2.05, 4.69) is 81.5 Å². The summed E-state index contributed by atoms with van der Waals surface area (Å²) in [7, 11) is 0. The molecule has 1 unspecified atom stereocenters. The minimum Gasteiger partial charge on any atom is -0.462 e. The third-order valence-corrected chi connectivity index (χ3v) is 8.99. The maximum atomic E-state index is 12.6. The molecule has 6 nitrogen and oxygen atoms in total. The Hall–Kier alpha value is -3.15. The average Bonchev–Trinajstić information content (AvgIpc) is 3.17. The summed E-state index contributed by atoms with van der Waals surface area (Å²) in [5.74, 6) is -1.00. The van der Waals surface area contributed by atoms with Crippen molar-refractivity contribution in [2.24, 2.45) is 0 Å². The number of hydrogen-bond donors (Lipinski definition) is 0. The fourth-order valence-corrected chi connectivity index (χ4v) is 5.70. The van der Waals surface area contributed by atoms with Gasteiger partial charge in [0.1, 0.15) is 13.2 Å². The summed E-state index contributed by atoms with van der Waals surface area (Å²) in [5.41, 5.74) is 0. The number of esters is 3. The van der Waals surface area contributed by atoms with Crippen LogP contribution in [0.2, 0.25) is 0 Å². The van der Waals surface area contributed by atoms with E-state index in [0.717, 1.165) is 77.0 Å². The van der Waals surface area contributed by atoms with E-state index < -0.39 is 6.10 Å². The smallest absolute Gasteiger partial charge is 0.306 e. The van der Waals surface area contributed by atoms with E-state index in [9.17, 15) is 14.4 Å². The number of carbonyl (C=O) groups is 3. The summed E-state index contributed by atoms with van der Waals surface area (Å²) in [4.78, 5) is 37.5. The third kappa shape index (κ3) is 40.0. The second-order valence-corrected chi connectivity index (χ2v) is 14.2. The molecular weight excluding hydrogens is 673 g/mol. The van der Waals surface area contributed by atoms with Gasteiger partial charge in [0.15, 0.2) is 6.10 Å². The van der Waals surface area contributed by atoms with Crippen molar-refractivity contribution in [1.29, 1.82) is 0 Å². The molecule has 0 heterocycles. The zero-order valence-electron chi connectivity index (χ0n) is 35.0. The monoisotopic (exact) mass is 753 g/mol. The molecule has 0 aliphatic heterocycles. The molecule has 0 radical (unpaired) electrons. The molecule has 0 N–H and O–H groups in total. The van der Waals surface area contributed by atoms with Crippen LogP contribution in [0.4, 0.5) is 0 Å². The van der Waals surface area contributed by atoms with E-state index in [1.165, 1.54) is 70.6 Å². The Bertz CT molecular complexity index is 1050. The first kappa shape index (κ1) is 50.9. The Morgan fingerprint density at radius 3 is 1.13 bits per heavy atom. The van der Waals surface area contributed by atoms with Crippen LogP contribution in [0.25, 0.3) is 0 Å². The number of unbranched alkanes of at least 4 members (excludes halogenated alkanes) is 15. The molecule has 1 atom stereocenters. The van der Waals surface area contributed by atoms with E-state index in [-0.39, 0.29) is 37.5 Å². The molecule has 0 amide bonds. The van der Waals surface area contributed by atoms with Crippen LogP contribution >= 0.6 is 0 Å². The van der Waals surface area contributed by atoms with E-state index in [1.54, 1.807) is 0 Å². The highest BCUT2D eigenvalue weighted by atomic mass is 16.6. The van der Waals surface area contributed by atoms with E-state index in [0.29, 0.717) is 19.3 Å². The van der Waals surface area contributed by atoms with Gasteiger partial charge in [0.05, 0.1) is 0 Å². The molecule has 0 aromatic rings. The van der Waals surface area contributed by atoms with Crippen LogP contribution in [0, 0.1) is 0 Å². The Labute approximate surface area is 332 Å². The quantitative estimate of drug-likeness (QED) is 0.0270. The predicted molar refractivity (Wildman–Crippen MR) is 228 cm³/mol. The topological polar surface area (TPSA) is 78.9 Å². The minimum absolute atomic E-state index is 0.0977. The number of ether oxygens (including phenoxy) is 3. The van der Waals surface area contributed by atoms with Gasteiger partial charge in [-0.1, -0.05) is 190 Å². The molecule has 308 valence electrons. The van der Waals surface area contributed by atoms with Crippen molar-refractivity contribution in [1.82, 2.24) is 0 Å². The highest BCUT2D eigenvalue weighted by Crippen LogP contribution is 2.13. The second-order valence-electron chi connectivity index (χ2n) is 14.2. The first-order valence-electron chi connectivity index (χ1n) is 21.9. The number of carbonyl (C=O) groups excluding carboxylic acids is 3. The highest BCUT2D eigenvalue weighted by molar-refractivity contribution is 5.71. The molecule has 0 bridgehead atoms. The van der Waals surface area contributed by atoms with Crippen LogP contribution < -0.4 is 0 Å². The highest BCUT2D eigenvalue weighted by Gasteiger charge is 2.19. The van der Waals surface area contributed by atoms with Crippen molar-refractivity contribution in [3.63, 3.8) is 0 Å². The van der Waals surface area contributed by atoms with Gasteiger partial charge in [0.25, 0.3) is 0 Å². The lowest BCUT2D eigenvalue weighted by Gasteiger charge is -2.18. The van der Waals surface area contributed by atoms with Crippen molar-refractivity contribution in [3.05, 3.63) is 72.9 Å². The normalized spacial score (nSPS) is 12.7. The van der Waals surface area contributed by atoms with Crippen LogP contribution in [0.3, 0.4) is 0 Å². The first-order chi connectivity index (χ1) is 26.5. The zero-order valence-corrected chi connectivity index (χ0v) is 35.0. The molecule has 0 fully saturated rings. The lowest BCUT2D eigenvalue weighted by atomic mass is 10.1. The molecule has 6 heteroatoms. The molecule has 0 spiro atoms. The fourth-order valence-electron chi connectivity index (χ4n) is 5.70. The summed E-state index contributed by atoms with van der Waals surface area (Å²) in [5, 5.41) is 0. The Kier molecular flexibility index (Phi) is 40.1. The standard InChI is InChI=1S/C48H80O6/c1-4-7-10-13-16-18-20-21-22-23-24-25-26-27-28-30-32-35-38-41-47(50)53-44-45(43-52-46(49)40-37-34-31-15-12-9-6-3)54-48(51)42-39-36-33-29-19-17-14-11-8-5-2/h7,10,16,18,21-22,24-25,27-28,32,35,45H,4-6,8-9,11-15,17,19-20,23,26,29-31,33-34,36-44H2,1-3H3/b10-7-,18-16-,22-21-,25-24-,28-27-,35-32-. The number of hydrogen-bond acceptors (Lipinski definition) is 6. The summed E-state index contributed by atoms with van der Waals surface area (Å²) in [6, 6.07) is 0. The fraction of sp³-hybridized carbons (Fsp3) is 0.688. The largest absolute Gasteiger partial charge is 0.462 e. The number of allylic oxidation sites excluding steroid dienone is 12. The van der Waals surface area contributed by atoms with Crippen molar-refractivity contribution in [3.8, 4) is 0 Å². The second kappa shape index (κ2) is 42.6. The van der Waals surface area contributed by atoms with Gasteiger partial charge in [-0.2, -0.15) is 0 Å². The van der Waals surface area contributed by atoms with Crippen molar-refractivity contribution in [2.75, 3.05) is 13.2 Å². The lowest BCUT2D eigenvalue weighted by Crippen LogP contribution is -2.30. The van der Waals surface area contributed by atoms with Gasteiger partial charge in [0, 0.05) is 19.3 Å². The molecule has 0 saturated carbocycles. The van der Waals surface area contributed by atoms with Crippen LogP contribution in [0.5, 0.6) is 0 Å². The molecule has 54 heavy (non-hydrogen) atoms. The molecule has 0 aromatic carbocycles. The van der Waals surface area contributed by atoms with Crippen molar-refractivity contribution < 1.29 is 28.6 Å². The zero-order chi connectivity index (χ0) is 39.4. The van der Waals surface area contributed by atoms with Gasteiger partial charge in [-0.25, -0.2) is 0 Å². The maximum Gasteiger partial charge on any atom is 0.306 e. The summed E-state index contributed by atoms with van der Waals surface area (Å²) < 4.78 is 16.5. The number of rotatable bonds is 38. The Balaban J connectivity index is 4.41. The third-order valence-electron chi connectivity index (χ3n) is 8.99. The summed E-state index contributed by atoms with van der Waals surface area (Å²) in [6.07, 6.45) is 52.0. The van der Waals surface area contributed by atoms with Crippen LogP contribution in [0.1, 0.15) is 194 Å². The SMILES string of the molecule is CC/C=C\C/C=C\C/C=C\C/C=C\C/C=C\C/C=C\CCC(=O)OCC(COC(=O)CCCCCCCCC)OC(=O)CCCCCCCCCCCC. The molecular formula is C48H80O6. The molecule has 0 aliphatic carbocycles. The van der Waals surface area contributed by atoms with Crippen LogP contribution in [-0.4, -0.2) is 37.2 Å². The summed E-state index contributed by atoms with van der Waals surface area (Å²) >= 11 is 0. The average molecular weight is 753 g/mol. The first-order valence-corrected chi connectivity index (χ1v) is 21.9. The van der Waals surface area contributed by atoms with Gasteiger partial charge < -0.3 is 14.2 Å². The van der Waals surface area contributed by atoms with Crippen molar-refractivity contribution in [2.45, 2.75) is 200 Å². The van der Waals surface area contributed by atoms with Crippen molar-refractivity contribution >= 4 is 17.9 Å². The van der Waals surface area contributed by atoms with E-state index in [1.807, 2.05) is 12.2 Å². The van der Waals surface area contributed by atoms with Crippen LogP contribution in [0.15, 0.2) is 72.9 Å². The van der Waals surface area contributed by atoms with Gasteiger partial charge >= 0.3 is 17.9 Å². The molecule has 0 rings (SSSR count). The van der Waals surface area contributed by atoms with Crippen LogP contribution in [-0.2, 0) is 28.6 Å². The van der Waals surface area contributed by atoms with E-state index >= 15 is 0 Å². The van der Waals surface area contributed by atoms with Gasteiger partial charge in [0.2, 0.25) is 0 Å². The Morgan fingerprint density at radius 1 is 0.389 bits per heavy atom. The van der Waals surface area contributed by atoms with Gasteiger partial charge in [-0.15, -0.1) is 0 Å². The Morgan fingerprint density at radius 2 is 0.722 bits per heavy atom. The van der Waals surface area contributed by atoms with Gasteiger partial charge in [-0.05, 0) is 57.8 Å². The maximum absolute atomic E-state index is 12.6. The minimum atomic E-state index is -0.798. The molecule has 0 aromatic heterocycles. The lowest BCUT2D eigenvalue weighted by molar-refractivity contribution is -0.166.